The number of rotatable bonds is 7. The molecule has 5 rings (SSSR count). The van der Waals surface area contributed by atoms with Crippen molar-refractivity contribution in [2.45, 2.75) is 26.0 Å². The Morgan fingerprint density at radius 1 is 1.05 bits per heavy atom. The number of esters is 1. The van der Waals surface area contributed by atoms with Crippen molar-refractivity contribution < 1.29 is 14.3 Å². The quantitative estimate of drug-likeness (QED) is 0.264. The molecule has 0 radical (unpaired) electrons. The summed E-state index contributed by atoms with van der Waals surface area (Å²) in [4.78, 5) is 32.0. The van der Waals surface area contributed by atoms with Crippen LogP contribution < -0.4 is 19.6 Å². The summed E-state index contributed by atoms with van der Waals surface area (Å²) < 4.78 is 13.2. The molecule has 9 heteroatoms. The van der Waals surface area contributed by atoms with E-state index >= 15 is 0 Å². The Kier molecular flexibility index (Phi) is 8.02. The molecule has 3 aromatic carbocycles. The van der Waals surface area contributed by atoms with Gasteiger partial charge in [0.05, 0.1) is 29.0 Å². The molecule has 0 bridgehead atoms. The Morgan fingerprint density at radius 3 is 2.46 bits per heavy atom. The second-order valence-corrected chi connectivity index (χ2v) is 10.7. The summed E-state index contributed by atoms with van der Waals surface area (Å²) in [6.45, 7) is 2.24. The number of ether oxygens (including phenoxy) is 2. The number of halogens is 2. The third-order valence-electron chi connectivity index (χ3n) is 6.33. The van der Waals surface area contributed by atoms with Gasteiger partial charge in [0, 0.05) is 15.6 Å². The Balaban J connectivity index is 1.63. The van der Waals surface area contributed by atoms with Crippen LogP contribution in [0.25, 0.3) is 6.08 Å². The second-order valence-electron chi connectivity index (χ2n) is 8.80. The zero-order chi connectivity index (χ0) is 27.5. The zero-order valence-electron chi connectivity index (χ0n) is 21.2. The van der Waals surface area contributed by atoms with Crippen molar-refractivity contribution in [1.82, 2.24) is 4.57 Å². The standard InChI is InChI=1S/C30H24Cl2N2O4S/c1-3-23-26(29(36)37-2)27(19-7-5-4-6-8-19)34-28(35)25(39-30(34)33-23)16-20-15-22(32)13-14-24(20)38-17-18-9-11-21(31)12-10-18/h4-16,27H,3,17H2,1-2H3/b25-16+/t27-/m1/s1. The Bertz CT molecular complexity index is 1740. The molecular weight excluding hydrogens is 555 g/mol. The molecule has 0 saturated carbocycles. The van der Waals surface area contributed by atoms with E-state index < -0.39 is 12.0 Å². The van der Waals surface area contributed by atoms with E-state index in [1.54, 1.807) is 41.0 Å². The molecule has 39 heavy (non-hydrogen) atoms. The molecule has 0 spiro atoms. The number of thiazole rings is 1. The Labute approximate surface area is 239 Å². The molecule has 0 saturated heterocycles. The van der Waals surface area contributed by atoms with Crippen molar-refractivity contribution in [3.05, 3.63) is 130 Å². The minimum atomic E-state index is -0.660. The molecule has 1 aliphatic heterocycles. The van der Waals surface area contributed by atoms with E-state index in [0.29, 0.717) is 55.0 Å². The largest absolute Gasteiger partial charge is 0.488 e. The smallest absolute Gasteiger partial charge is 0.338 e. The van der Waals surface area contributed by atoms with Crippen molar-refractivity contribution in [3.63, 3.8) is 0 Å². The summed E-state index contributed by atoms with van der Waals surface area (Å²) in [6.07, 6.45) is 2.26. The first kappa shape index (κ1) is 26.9. The van der Waals surface area contributed by atoms with E-state index in [1.807, 2.05) is 49.4 Å². The third-order valence-corrected chi connectivity index (χ3v) is 7.80. The fourth-order valence-corrected chi connectivity index (χ4v) is 5.78. The fraction of sp³-hybridized carbons (Fsp3) is 0.167. The van der Waals surface area contributed by atoms with Crippen molar-refractivity contribution in [3.8, 4) is 5.75 Å². The van der Waals surface area contributed by atoms with Gasteiger partial charge in [-0.15, -0.1) is 0 Å². The topological polar surface area (TPSA) is 69.9 Å². The molecule has 4 aromatic rings. The van der Waals surface area contributed by atoms with Gasteiger partial charge in [0.15, 0.2) is 4.80 Å². The molecule has 2 heterocycles. The lowest BCUT2D eigenvalue weighted by atomic mass is 9.95. The van der Waals surface area contributed by atoms with Gasteiger partial charge in [0.2, 0.25) is 0 Å². The van der Waals surface area contributed by atoms with Crippen LogP contribution in [0.1, 0.15) is 36.1 Å². The van der Waals surface area contributed by atoms with Gasteiger partial charge in [0.1, 0.15) is 12.4 Å². The minimum Gasteiger partial charge on any atom is -0.488 e. The Morgan fingerprint density at radius 2 is 1.77 bits per heavy atom. The summed E-state index contributed by atoms with van der Waals surface area (Å²) in [5, 5.41) is 1.16. The van der Waals surface area contributed by atoms with Crippen LogP contribution in [-0.4, -0.2) is 17.6 Å². The molecule has 1 aliphatic rings. The van der Waals surface area contributed by atoms with Crippen molar-refractivity contribution in [1.29, 1.82) is 0 Å². The highest BCUT2D eigenvalue weighted by atomic mass is 35.5. The highest BCUT2D eigenvalue weighted by Gasteiger charge is 2.33. The summed E-state index contributed by atoms with van der Waals surface area (Å²) in [5.74, 6) is 0.0655. The van der Waals surface area contributed by atoms with Crippen molar-refractivity contribution >= 4 is 46.6 Å². The van der Waals surface area contributed by atoms with Gasteiger partial charge in [-0.05, 0) is 54.0 Å². The lowest BCUT2D eigenvalue weighted by molar-refractivity contribution is -0.136. The number of allylic oxidation sites excluding steroid dienone is 1. The maximum atomic E-state index is 13.9. The van der Waals surface area contributed by atoms with Crippen LogP contribution in [0.15, 0.2) is 93.9 Å². The van der Waals surface area contributed by atoms with Gasteiger partial charge in [0.25, 0.3) is 5.56 Å². The fourth-order valence-electron chi connectivity index (χ4n) is 4.46. The summed E-state index contributed by atoms with van der Waals surface area (Å²) >= 11 is 13.6. The minimum absolute atomic E-state index is 0.271. The predicted molar refractivity (Wildman–Crippen MR) is 154 cm³/mol. The van der Waals surface area contributed by atoms with Crippen LogP contribution in [0.4, 0.5) is 0 Å². The van der Waals surface area contributed by atoms with Crippen LogP contribution in [0.5, 0.6) is 5.75 Å². The van der Waals surface area contributed by atoms with Crippen molar-refractivity contribution in [2.75, 3.05) is 7.11 Å². The number of benzene rings is 3. The van der Waals surface area contributed by atoms with E-state index in [0.717, 1.165) is 11.1 Å². The van der Waals surface area contributed by atoms with Gasteiger partial charge >= 0.3 is 5.97 Å². The summed E-state index contributed by atoms with van der Waals surface area (Å²) in [7, 11) is 1.33. The number of hydrogen-bond acceptors (Lipinski definition) is 6. The van der Waals surface area contributed by atoms with Gasteiger partial charge in [-0.25, -0.2) is 9.79 Å². The number of nitrogens with zero attached hydrogens (tertiary/aromatic N) is 2. The monoisotopic (exact) mass is 578 g/mol. The summed E-state index contributed by atoms with van der Waals surface area (Å²) in [5.41, 5.74) is 3.08. The molecule has 6 nitrogen and oxygen atoms in total. The van der Waals surface area contributed by atoms with Crippen LogP contribution in [0.2, 0.25) is 10.0 Å². The highest BCUT2D eigenvalue weighted by Crippen LogP contribution is 2.32. The van der Waals surface area contributed by atoms with Gasteiger partial charge in [-0.3, -0.25) is 9.36 Å². The van der Waals surface area contributed by atoms with E-state index in [-0.39, 0.29) is 5.56 Å². The van der Waals surface area contributed by atoms with E-state index in [4.69, 9.17) is 37.7 Å². The number of carbonyl (C=O) groups excluding carboxylic acids is 1. The maximum absolute atomic E-state index is 13.9. The van der Waals surface area contributed by atoms with E-state index in [1.165, 1.54) is 18.4 Å². The van der Waals surface area contributed by atoms with E-state index in [9.17, 15) is 9.59 Å². The molecule has 1 aromatic heterocycles. The molecule has 0 fully saturated rings. The molecule has 0 unspecified atom stereocenters. The first-order valence-electron chi connectivity index (χ1n) is 12.2. The van der Waals surface area contributed by atoms with Gasteiger partial charge in [-0.2, -0.15) is 0 Å². The van der Waals surface area contributed by atoms with Gasteiger partial charge < -0.3 is 9.47 Å². The molecule has 0 amide bonds. The number of hydrogen-bond donors (Lipinski definition) is 0. The van der Waals surface area contributed by atoms with Crippen LogP contribution >= 0.6 is 34.5 Å². The second kappa shape index (κ2) is 11.6. The predicted octanol–water partition coefficient (Wildman–Crippen LogP) is 5.68. The molecule has 198 valence electrons. The third kappa shape index (κ3) is 5.57. The normalized spacial score (nSPS) is 15.1. The molecule has 0 aliphatic carbocycles. The number of fused-ring (bicyclic) bond motifs is 1. The van der Waals surface area contributed by atoms with Crippen LogP contribution in [0.3, 0.4) is 0 Å². The number of aromatic nitrogens is 1. The maximum Gasteiger partial charge on any atom is 0.338 e. The molecular formula is C30H24Cl2N2O4S. The average Bonchev–Trinajstić information content (AvgIpc) is 3.26. The average molecular weight is 580 g/mol. The molecule has 0 N–H and O–H groups in total. The zero-order valence-corrected chi connectivity index (χ0v) is 23.5. The lowest BCUT2D eigenvalue weighted by Gasteiger charge is -2.25. The molecule has 1 atom stereocenters. The lowest BCUT2D eigenvalue weighted by Crippen LogP contribution is -2.40. The first-order chi connectivity index (χ1) is 18.9. The number of carbonyl (C=O) groups is 1. The van der Waals surface area contributed by atoms with Crippen molar-refractivity contribution in [2.24, 2.45) is 4.99 Å². The van der Waals surface area contributed by atoms with E-state index in [2.05, 4.69) is 0 Å². The van der Waals surface area contributed by atoms with Crippen LogP contribution in [-0.2, 0) is 16.1 Å². The number of methoxy groups -OCH3 is 1. The Hall–Kier alpha value is -3.65. The summed E-state index contributed by atoms with van der Waals surface area (Å²) in [6, 6.07) is 21.4. The van der Waals surface area contributed by atoms with Crippen LogP contribution in [0, 0.1) is 0 Å². The SMILES string of the molecule is CCC1=C(C(=O)OC)[C@@H](c2ccccc2)n2c(s/c(=C/c3cc(Cl)ccc3OCc3ccc(Cl)cc3)c2=O)=N1. The first-order valence-corrected chi connectivity index (χ1v) is 13.8. The highest BCUT2D eigenvalue weighted by molar-refractivity contribution is 7.07. The van der Waals surface area contributed by atoms with Gasteiger partial charge in [-0.1, -0.05) is 83.9 Å².